The predicted octanol–water partition coefficient (Wildman–Crippen LogP) is 2.15. The molecule has 2 nitrogen and oxygen atoms in total. The molecule has 72 valence electrons. The lowest BCUT2D eigenvalue weighted by Crippen LogP contribution is -1.96. The van der Waals surface area contributed by atoms with Crippen LogP contribution < -0.4 is 5.73 Å². The van der Waals surface area contributed by atoms with Crippen molar-refractivity contribution in [2.75, 3.05) is 0 Å². The van der Waals surface area contributed by atoms with E-state index in [2.05, 4.69) is 34.9 Å². The summed E-state index contributed by atoms with van der Waals surface area (Å²) >= 11 is 0. The van der Waals surface area contributed by atoms with Gasteiger partial charge in [0.1, 0.15) is 0 Å². The molecule has 1 heterocycles. The fraction of sp³-hybridized carbons (Fsp3) is 0.167. The van der Waals surface area contributed by atoms with Crippen LogP contribution in [-0.4, -0.2) is 4.57 Å². The zero-order chi connectivity index (χ0) is 9.97. The van der Waals surface area contributed by atoms with Crippen molar-refractivity contribution in [2.45, 2.75) is 6.54 Å². The molecule has 0 unspecified atom stereocenters. The highest BCUT2D eigenvalue weighted by molar-refractivity contribution is 5.60. The van der Waals surface area contributed by atoms with E-state index in [0.717, 1.165) is 0 Å². The molecule has 1 aromatic carbocycles. The number of hydrogen-bond donors (Lipinski definition) is 1. The van der Waals surface area contributed by atoms with E-state index in [1.807, 2.05) is 19.3 Å². The molecule has 2 rings (SSSR count). The number of hydrogen-bond acceptors (Lipinski definition) is 1. The third-order valence-electron chi connectivity index (χ3n) is 2.43. The zero-order valence-corrected chi connectivity index (χ0v) is 8.27. The van der Waals surface area contributed by atoms with E-state index < -0.39 is 0 Å². The van der Waals surface area contributed by atoms with E-state index in [0.29, 0.717) is 6.54 Å². The summed E-state index contributed by atoms with van der Waals surface area (Å²) in [5.41, 5.74) is 9.17. The third kappa shape index (κ3) is 1.56. The Balaban J connectivity index is 2.39. The minimum Gasteiger partial charge on any atom is -0.351 e. The molecular formula is C12H14N2. The fourth-order valence-electron chi connectivity index (χ4n) is 1.57. The molecule has 0 spiro atoms. The van der Waals surface area contributed by atoms with Crippen LogP contribution in [0.1, 0.15) is 5.56 Å². The van der Waals surface area contributed by atoms with Gasteiger partial charge < -0.3 is 10.3 Å². The summed E-state index contributed by atoms with van der Waals surface area (Å²) in [7, 11) is 2.05. The van der Waals surface area contributed by atoms with Crippen molar-refractivity contribution in [3.63, 3.8) is 0 Å². The topological polar surface area (TPSA) is 30.9 Å². The van der Waals surface area contributed by atoms with Crippen LogP contribution in [-0.2, 0) is 13.6 Å². The van der Waals surface area contributed by atoms with Crippen LogP contribution in [0.15, 0.2) is 42.6 Å². The maximum absolute atomic E-state index is 5.54. The van der Waals surface area contributed by atoms with Gasteiger partial charge in [-0.05, 0) is 23.3 Å². The fourth-order valence-corrected chi connectivity index (χ4v) is 1.57. The van der Waals surface area contributed by atoms with E-state index >= 15 is 0 Å². The first-order valence-electron chi connectivity index (χ1n) is 4.72. The van der Waals surface area contributed by atoms with Gasteiger partial charge in [-0.15, -0.1) is 0 Å². The molecule has 2 aromatic rings. The Bertz CT molecular complexity index is 412. The molecule has 0 fully saturated rings. The highest BCUT2D eigenvalue weighted by atomic mass is 14.9. The average molecular weight is 186 g/mol. The molecule has 2 N–H and O–H groups in total. The first-order valence-corrected chi connectivity index (χ1v) is 4.72. The molecule has 0 saturated heterocycles. The Morgan fingerprint density at radius 2 is 1.86 bits per heavy atom. The zero-order valence-electron chi connectivity index (χ0n) is 8.27. The minimum atomic E-state index is 0.605. The summed E-state index contributed by atoms with van der Waals surface area (Å²) in [5.74, 6) is 0. The molecule has 2 heteroatoms. The van der Waals surface area contributed by atoms with Crippen LogP contribution in [0.4, 0.5) is 0 Å². The van der Waals surface area contributed by atoms with Crippen LogP contribution >= 0.6 is 0 Å². The molecule has 0 amide bonds. The van der Waals surface area contributed by atoms with Crippen molar-refractivity contribution in [2.24, 2.45) is 12.8 Å². The van der Waals surface area contributed by atoms with E-state index in [1.54, 1.807) is 0 Å². The first-order chi connectivity index (χ1) is 6.81. The van der Waals surface area contributed by atoms with Gasteiger partial charge in [0.2, 0.25) is 0 Å². The van der Waals surface area contributed by atoms with Gasteiger partial charge in [-0.1, -0.05) is 24.3 Å². The van der Waals surface area contributed by atoms with Crippen molar-refractivity contribution in [3.05, 3.63) is 48.2 Å². The molecule has 0 atom stereocenters. The second kappa shape index (κ2) is 3.68. The highest BCUT2D eigenvalue weighted by Crippen LogP contribution is 2.19. The molecule has 0 aliphatic rings. The van der Waals surface area contributed by atoms with Gasteiger partial charge >= 0.3 is 0 Å². The highest BCUT2D eigenvalue weighted by Gasteiger charge is 1.99. The lowest BCUT2D eigenvalue weighted by molar-refractivity contribution is 0.936. The summed E-state index contributed by atoms with van der Waals surface area (Å²) in [4.78, 5) is 0. The molecule has 0 aliphatic heterocycles. The SMILES string of the molecule is Cn1cccc1-c1ccc(CN)cc1. The second-order valence-corrected chi connectivity index (χ2v) is 3.41. The Morgan fingerprint density at radius 3 is 2.36 bits per heavy atom. The summed E-state index contributed by atoms with van der Waals surface area (Å²) in [6.45, 7) is 0.605. The lowest BCUT2D eigenvalue weighted by atomic mass is 10.1. The maximum atomic E-state index is 5.54. The van der Waals surface area contributed by atoms with Crippen molar-refractivity contribution >= 4 is 0 Å². The Hall–Kier alpha value is -1.54. The first kappa shape index (κ1) is 9.03. The van der Waals surface area contributed by atoms with Crippen molar-refractivity contribution < 1.29 is 0 Å². The van der Waals surface area contributed by atoms with Gasteiger partial charge in [0.15, 0.2) is 0 Å². The number of rotatable bonds is 2. The van der Waals surface area contributed by atoms with Gasteiger partial charge in [0.25, 0.3) is 0 Å². The van der Waals surface area contributed by atoms with Crippen LogP contribution in [0.3, 0.4) is 0 Å². The van der Waals surface area contributed by atoms with Crippen molar-refractivity contribution in [1.82, 2.24) is 4.57 Å². The summed E-state index contributed by atoms with van der Waals surface area (Å²) < 4.78 is 2.11. The molecule has 0 saturated carbocycles. The number of aryl methyl sites for hydroxylation is 1. The van der Waals surface area contributed by atoms with Gasteiger partial charge in [-0.2, -0.15) is 0 Å². The summed E-state index contributed by atoms with van der Waals surface area (Å²) in [6.07, 6.45) is 2.05. The van der Waals surface area contributed by atoms with Crippen LogP contribution in [0.25, 0.3) is 11.3 Å². The number of aromatic nitrogens is 1. The van der Waals surface area contributed by atoms with E-state index in [-0.39, 0.29) is 0 Å². The minimum absolute atomic E-state index is 0.605. The summed E-state index contributed by atoms with van der Waals surface area (Å²) in [6, 6.07) is 12.5. The second-order valence-electron chi connectivity index (χ2n) is 3.41. The van der Waals surface area contributed by atoms with Gasteiger partial charge in [-0.3, -0.25) is 0 Å². The summed E-state index contributed by atoms with van der Waals surface area (Å²) in [5, 5.41) is 0. The molecule has 0 aliphatic carbocycles. The van der Waals surface area contributed by atoms with Gasteiger partial charge in [0.05, 0.1) is 0 Å². The van der Waals surface area contributed by atoms with Crippen molar-refractivity contribution in [3.8, 4) is 11.3 Å². The van der Waals surface area contributed by atoms with Crippen LogP contribution in [0.2, 0.25) is 0 Å². The van der Waals surface area contributed by atoms with E-state index in [4.69, 9.17) is 5.73 Å². The quantitative estimate of drug-likeness (QED) is 0.765. The number of nitrogens with two attached hydrogens (primary N) is 1. The maximum Gasteiger partial charge on any atom is 0.0477 e. The molecule has 14 heavy (non-hydrogen) atoms. The van der Waals surface area contributed by atoms with Gasteiger partial charge in [-0.25, -0.2) is 0 Å². The normalized spacial score (nSPS) is 10.4. The lowest BCUT2D eigenvalue weighted by Gasteiger charge is -2.04. The molecule has 0 bridgehead atoms. The Kier molecular flexibility index (Phi) is 2.37. The molecule has 1 aromatic heterocycles. The average Bonchev–Trinajstić information content (AvgIpc) is 2.65. The Morgan fingerprint density at radius 1 is 1.14 bits per heavy atom. The number of benzene rings is 1. The van der Waals surface area contributed by atoms with Gasteiger partial charge in [0, 0.05) is 25.5 Å². The van der Waals surface area contributed by atoms with E-state index in [9.17, 15) is 0 Å². The van der Waals surface area contributed by atoms with E-state index in [1.165, 1.54) is 16.8 Å². The van der Waals surface area contributed by atoms with Crippen LogP contribution in [0.5, 0.6) is 0 Å². The smallest absolute Gasteiger partial charge is 0.0477 e. The predicted molar refractivity (Wildman–Crippen MR) is 58.7 cm³/mol. The van der Waals surface area contributed by atoms with Crippen molar-refractivity contribution in [1.29, 1.82) is 0 Å². The van der Waals surface area contributed by atoms with Crippen LogP contribution in [0, 0.1) is 0 Å². The standard InChI is InChI=1S/C12H14N2/c1-14-8-2-3-12(14)11-6-4-10(9-13)5-7-11/h2-8H,9,13H2,1H3. The molecule has 0 radical (unpaired) electrons. The Labute approximate surface area is 84.0 Å². The third-order valence-corrected chi connectivity index (χ3v) is 2.43. The molecular weight excluding hydrogens is 172 g/mol. The number of nitrogens with zero attached hydrogens (tertiary/aromatic N) is 1. The largest absolute Gasteiger partial charge is 0.351 e. The monoisotopic (exact) mass is 186 g/mol.